The molecule has 1 amide bonds. The minimum Gasteiger partial charge on any atom is -0.359 e. The Labute approximate surface area is 183 Å². The molecular weight excluding hydrogens is 412 g/mol. The Morgan fingerprint density at radius 3 is 2.52 bits per heavy atom. The normalized spacial score (nSPS) is 22.9. The van der Waals surface area contributed by atoms with Crippen LogP contribution in [-0.2, 0) is 14.8 Å². The molecule has 2 aromatic rings. The van der Waals surface area contributed by atoms with Gasteiger partial charge in [-0.25, -0.2) is 13.1 Å². The van der Waals surface area contributed by atoms with E-state index < -0.39 is 10.0 Å². The first-order valence-corrected chi connectivity index (χ1v) is 12.2. The summed E-state index contributed by atoms with van der Waals surface area (Å²) in [5, 5.41) is 0. The van der Waals surface area contributed by atoms with E-state index in [1.165, 1.54) is 7.05 Å². The van der Waals surface area contributed by atoms with Gasteiger partial charge in [-0.05, 0) is 88.4 Å². The van der Waals surface area contributed by atoms with Crippen molar-refractivity contribution in [1.82, 2.24) is 9.71 Å². The number of nitrogens with zero attached hydrogens (tertiary/aromatic N) is 1. The van der Waals surface area contributed by atoms with E-state index >= 15 is 0 Å². The fourth-order valence-electron chi connectivity index (χ4n) is 4.61. The molecule has 2 aliphatic rings. The topological polar surface area (TPSA) is 108 Å². The van der Waals surface area contributed by atoms with E-state index in [1.807, 2.05) is 30.9 Å². The Hall–Kier alpha value is -2.42. The van der Waals surface area contributed by atoms with Crippen molar-refractivity contribution in [2.24, 2.45) is 11.7 Å². The van der Waals surface area contributed by atoms with Crippen LogP contribution < -0.4 is 15.4 Å². The van der Waals surface area contributed by atoms with Crippen LogP contribution in [0.25, 0.3) is 11.6 Å². The van der Waals surface area contributed by atoms with Crippen LogP contribution in [0.15, 0.2) is 29.2 Å². The van der Waals surface area contributed by atoms with Gasteiger partial charge in [-0.1, -0.05) is 0 Å². The van der Waals surface area contributed by atoms with Gasteiger partial charge >= 0.3 is 0 Å². The molecule has 8 heteroatoms. The number of rotatable bonds is 5. The number of sulfonamides is 1. The highest BCUT2D eigenvalue weighted by Gasteiger charge is 2.35. The molecule has 166 valence electrons. The van der Waals surface area contributed by atoms with Crippen molar-refractivity contribution < 1.29 is 13.2 Å². The maximum absolute atomic E-state index is 13.5. The highest BCUT2D eigenvalue weighted by Crippen LogP contribution is 2.40. The summed E-state index contributed by atoms with van der Waals surface area (Å²) in [5.41, 5.74) is 10.9. The van der Waals surface area contributed by atoms with Crippen LogP contribution in [0.2, 0.25) is 0 Å². The third-order valence-electron chi connectivity index (χ3n) is 6.41. The van der Waals surface area contributed by atoms with Crippen molar-refractivity contribution in [3.8, 4) is 0 Å². The number of hydrogen-bond acceptors (Lipinski definition) is 4. The Balaban J connectivity index is 1.77. The number of hydrogen-bond donors (Lipinski definition) is 3. The molecule has 7 nitrogen and oxygen atoms in total. The molecular formula is C23H30N4O3S. The van der Waals surface area contributed by atoms with Gasteiger partial charge in [0.05, 0.1) is 16.2 Å². The lowest BCUT2D eigenvalue weighted by Crippen LogP contribution is -2.36. The van der Waals surface area contributed by atoms with E-state index in [0.717, 1.165) is 48.3 Å². The summed E-state index contributed by atoms with van der Waals surface area (Å²) in [6.45, 7) is 4.58. The fourth-order valence-corrected chi connectivity index (χ4v) is 5.37. The summed E-state index contributed by atoms with van der Waals surface area (Å²) < 4.78 is 27.1. The molecule has 0 bridgehead atoms. The maximum Gasteiger partial charge on any atom is 0.259 e. The Morgan fingerprint density at radius 2 is 1.90 bits per heavy atom. The van der Waals surface area contributed by atoms with Crippen molar-refractivity contribution in [3.05, 3.63) is 46.8 Å². The van der Waals surface area contributed by atoms with Crippen molar-refractivity contribution in [2.75, 3.05) is 18.5 Å². The van der Waals surface area contributed by atoms with Crippen molar-refractivity contribution in [2.45, 2.75) is 50.5 Å². The molecule has 0 spiro atoms. The summed E-state index contributed by atoms with van der Waals surface area (Å²) in [5.74, 6) is 0.307. The molecule has 0 radical (unpaired) electrons. The van der Waals surface area contributed by atoms with Gasteiger partial charge in [-0.2, -0.15) is 0 Å². The molecule has 1 aliphatic heterocycles. The van der Waals surface area contributed by atoms with Gasteiger partial charge in [0.2, 0.25) is 10.0 Å². The van der Waals surface area contributed by atoms with Gasteiger partial charge < -0.3 is 15.6 Å². The molecule has 4 N–H and O–H groups in total. The smallest absolute Gasteiger partial charge is 0.259 e. The van der Waals surface area contributed by atoms with E-state index in [0.29, 0.717) is 23.6 Å². The lowest BCUT2D eigenvalue weighted by Gasteiger charge is -2.29. The number of aromatic nitrogens is 1. The predicted octanol–water partition coefficient (Wildman–Crippen LogP) is 2.94. The van der Waals surface area contributed by atoms with Crippen molar-refractivity contribution in [1.29, 1.82) is 0 Å². The van der Waals surface area contributed by atoms with E-state index in [1.54, 1.807) is 18.2 Å². The van der Waals surface area contributed by atoms with Crippen molar-refractivity contribution >= 4 is 33.3 Å². The van der Waals surface area contributed by atoms with Gasteiger partial charge in [0.1, 0.15) is 0 Å². The zero-order valence-electron chi connectivity index (χ0n) is 18.2. The van der Waals surface area contributed by atoms with Gasteiger partial charge in [-0.15, -0.1) is 0 Å². The first-order chi connectivity index (χ1) is 14.7. The molecule has 1 aromatic heterocycles. The summed E-state index contributed by atoms with van der Waals surface area (Å²) >= 11 is 0. The van der Waals surface area contributed by atoms with Crippen LogP contribution in [0.1, 0.15) is 48.2 Å². The lowest BCUT2D eigenvalue weighted by atomic mass is 9.86. The number of aryl methyl sites for hydroxylation is 2. The van der Waals surface area contributed by atoms with Gasteiger partial charge in [0.15, 0.2) is 0 Å². The molecule has 1 aromatic carbocycles. The fraction of sp³-hybridized carbons (Fsp3) is 0.435. The molecule has 4 rings (SSSR count). The average Bonchev–Trinajstić information content (AvgIpc) is 3.19. The minimum atomic E-state index is -3.62. The first-order valence-electron chi connectivity index (χ1n) is 10.7. The zero-order chi connectivity index (χ0) is 22.3. The minimum absolute atomic E-state index is 0.0875. The third kappa shape index (κ3) is 4.20. The quantitative estimate of drug-likeness (QED) is 0.619. The number of nitrogens with two attached hydrogens (primary N) is 1. The number of anilines is 1. The summed E-state index contributed by atoms with van der Waals surface area (Å²) in [6, 6.07) is 7.19. The van der Waals surface area contributed by atoms with Crippen LogP contribution in [0.4, 0.5) is 5.69 Å². The molecule has 0 unspecified atom stereocenters. The number of carbonyl (C=O) groups is 1. The number of carbonyl (C=O) groups excluding carboxylic acids is 1. The highest BCUT2D eigenvalue weighted by atomic mass is 32.2. The predicted molar refractivity (Wildman–Crippen MR) is 123 cm³/mol. The summed E-state index contributed by atoms with van der Waals surface area (Å²) in [7, 11) is -2.23. The molecule has 1 fully saturated rings. The molecule has 1 saturated carbocycles. The number of amides is 1. The number of fused-ring (bicyclic) bond motifs is 1. The molecule has 0 atom stereocenters. The molecule has 31 heavy (non-hydrogen) atoms. The Morgan fingerprint density at radius 1 is 1.19 bits per heavy atom. The number of benzene rings is 1. The Kier molecular flexibility index (Phi) is 5.81. The van der Waals surface area contributed by atoms with E-state index in [4.69, 9.17) is 5.73 Å². The van der Waals surface area contributed by atoms with E-state index in [9.17, 15) is 13.2 Å². The Bertz CT molecular complexity index is 1140. The van der Waals surface area contributed by atoms with Crippen LogP contribution in [-0.4, -0.2) is 38.9 Å². The first kappa shape index (κ1) is 21.8. The van der Waals surface area contributed by atoms with Crippen LogP contribution >= 0.6 is 0 Å². The molecule has 0 saturated heterocycles. The SMILES string of the molecule is CNS(=O)(=O)c1ccc2c(c1)/C(=C/c1[nH]c(C)cc1C)C(=O)N2CC1CCC(N)CC1. The standard InChI is InChI=1S/C23H30N4O3S/c1-14-10-15(2)26-21(14)12-20-19-11-18(31(29,30)25-3)8-9-22(19)27(23(20)28)13-16-4-6-17(24)7-5-16/h8-12,16-17,25-26H,4-7,13,24H2,1-3H3/b20-12-. The second kappa shape index (κ2) is 8.26. The van der Waals surface area contributed by atoms with E-state index in [-0.39, 0.29) is 16.8 Å². The van der Waals surface area contributed by atoms with Gasteiger partial charge in [-0.3, -0.25) is 4.79 Å². The second-order valence-corrected chi connectivity index (χ2v) is 10.6. The summed E-state index contributed by atoms with van der Waals surface area (Å²) in [6.07, 6.45) is 5.79. The van der Waals surface area contributed by atoms with Gasteiger partial charge in [0, 0.05) is 29.5 Å². The third-order valence-corrected chi connectivity index (χ3v) is 7.83. The largest absolute Gasteiger partial charge is 0.359 e. The van der Waals surface area contributed by atoms with Crippen molar-refractivity contribution in [3.63, 3.8) is 0 Å². The molecule has 2 heterocycles. The monoisotopic (exact) mass is 442 g/mol. The van der Waals surface area contributed by atoms with Crippen LogP contribution in [0.5, 0.6) is 0 Å². The summed E-state index contributed by atoms with van der Waals surface area (Å²) in [4.78, 5) is 18.8. The molecule has 1 aliphatic carbocycles. The maximum atomic E-state index is 13.5. The highest BCUT2D eigenvalue weighted by molar-refractivity contribution is 7.89. The van der Waals surface area contributed by atoms with E-state index in [2.05, 4.69) is 9.71 Å². The van der Waals surface area contributed by atoms with Crippen LogP contribution in [0.3, 0.4) is 0 Å². The number of H-pyrrole nitrogens is 1. The zero-order valence-corrected chi connectivity index (χ0v) is 19.1. The number of nitrogens with one attached hydrogen (secondary N) is 2. The lowest BCUT2D eigenvalue weighted by molar-refractivity contribution is -0.113. The second-order valence-electron chi connectivity index (χ2n) is 8.69. The number of aromatic amines is 1. The average molecular weight is 443 g/mol. The van der Waals surface area contributed by atoms with Gasteiger partial charge in [0.25, 0.3) is 5.91 Å². The van der Waals surface area contributed by atoms with Crippen LogP contribution in [0, 0.1) is 19.8 Å².